The fourth-order valence-electron chi connectivity index (χ4n) is 1.24. The molecule has 0 aliphatic rings. The summed E-state index contributed by atoms with van der Waals surface area (Å²) in [6, 6.07) is 9.44. The van der Waals surface area contributed by atoms with Crippen molar-refractivity contribution in [3.63, 3.8) is 0 Å². The van der Waals surface area contributed by atoms with E-state index in [1.165, 1.54) is 0 Å². The molecule has 0 amide bonds. The highest BCUT2D eigenvalue weighted by atomic mass is 35.5. The predicted molar refractivity (Wildman–Crippen MR) is 68.7 cm³/mol. The van der Waals surface area contributed by atoms with E-state index >= 15 is 0 Å². The highest BCUT2D eigenvalue weighted by Gasteiger charge is 1.99. The topological polar surface area (TPSA) is 63.0 Å². The molecule has 0 aliphatic heterocycles. The number of hydrogen-bond donors (Lipinski definition) is 3. The van der Waals surface area contributed by atoms with Gasteiger partial charge in [0.1, 0.15) is 11.6 Å². The monoisotopic (exact) mass is 254 g/mol. The second kappa shape index (κ2) is 5.16. The number of rotatable bonds is 4. The van der Waals surface area contributed by atoms with E-state index < -0.39 is 0 Å². The van der Waals surface area contributed by atoms with E-state index in [4.69, 9.17) is 17.4 Å². The molecule has 16 heavy (non-hydrogen) atoms. The Labute approximate surface area is 102 Å². The van der Waals surface area contributed by atoms with Gasteiger partial charge in [-0.1, -0.05) is 17.7 Å². The maximum absolute atomic E-state index is 5.84. The van der Waals surface area contributed by atoms with E-state index in [-0.39, 0.29) is 0 Å². The van der Waals surface area contributed by atoms with Gasteiger partial charge in [0.25, 0.3) is 0 Å². The highest BCUT2D eigenvalue weighted by Crippen LogP contribution is 2.22. The van der Waals surface area contributed by atoms with Gasteiger partial charge in [0.05, 0.1) is 10.9 Å². The zero-order chi connectivity index (χ0) is 11.4. The summed E-state index contributed by atoms with van der Waals surface area (Å²) in [4.78, 5) is 5.40. The van der Waals surface area contributed by atoms with E-state index in [9.17, 15) is 0 Å². The van der Waals surface area contributed by atoms with E-state index in [0.29, 0.717) is 12.4 Å². The minimum atomic E-state index is 0.634. The first-order chi connectivity index (χ1) is 7.78. The minimum absolute atomic E-state index is 0.634. The van der Waals surface area contributed by atoms with Crippen LogP contribution < -0.4 is 16.6 Å². The van der Waals surface area contributed by atoms with Crippen molar-refractivity contribution in [2.75, 3.05) is 10.7 Å². The summed E-state index contributed by atoms with van der Waals surface area (Å²) >= 11 is 7.39. The van der Waals surface area contributed by atoms with Crippen LogP contribution in [0.3, 0.4) is 0 Å². The van der Waals surface area contributed by atoms with Crippen LogP contribution in [0.4, 0.5) is 11.6 Å². The molecule has 0 spiro atoms. The Morgan fingerprint density at radius 3 is 2.75 bits per heavy atom. The standard InChI is InChI=1S/C10H11ClN4S/c11-8-5-4-7(16-8)6-13-9-2-1-3-10(14-9)15-12/h1-5H,6,12H2,(H2,13,14,15). The Hall–Kier alpha value is -1.30. The Balaban J connectivity index is 1.99. The summed E-state index contributed by atoms with van der Waals surface area (Å²) < 4.78 is 0.794. The quantitative estimate of drug-likeness (QED) is 0.580. The molecule has 0 aliphatic carbocycles. The lowest BCUT2D eigenvalue weighted by Gasteiger charge is -2.05. The van der Waals surface area contributed by atoms with Crippen molar-refractivity contribution in [3.05, 3.63) is 39.5 Å². The molecule has 0 aromatic carbocycles. The largest absolute Gasteiger partial charge is 0.365 e. The minimum Gasteiger partial charge on any atom is -0.365 e. The average Bonchev–Trinajstić information content (AvgIpc) is 2.73. The second-order valence-corrected chi connectivity index (χ2v) is 4.91. The Morgan fingerprint density at radius 1 is 1.25 bits per heavy atom. The van der Waals surface area contributed by atoms with Crippen molar-refractivity contribution in [3.8, 4) is 0 Å². The van der Waals surface area contributed by atoms with Crippen LogP contribution in [0.2, 0.25) is 4.34 Å². The number of hydrazine groups is 1. The second-order valence-electron chi connectivity index (χ2n) is 3.11. The molecule has 0 radical (unpaired) electrons. The molecule has 2 aromatic rings. The van der Waals surface area contributed by atoms with Gasteiger partial charge in [0.15, 0.2) is 0 Å². The summed E-state index contributed by atoms with van der Waals surface area (Å²) in [6.45, 7) is 0.707. The van der Waals surface area contributed by atoms with Crippen LogP contribution in [0.1, 0.15) is 4.88 Å². The zero-order valence-corrected chi connectivity index (χ0v) is 9.98. The van der Waals surface area contributed by atoms with Crippen LogP contribution in [-0.2, 0) is 6.54 Å². The van der Waals surface area contributed by atoms with Crippen LogP contribution >= 0.6 is 22.9 Å². The molecule has 2 aromatic heterocycles. The SMILES string of the molecule is NNc1cccc(NCc2ccc(Cl)s2)n1. The molecular weight excluding hydrogens is 244 g/mol. The summed E-state index contributed by atoms with van der Waals surface area (Å²) in [6.07, 6.45) is 0. The number of nitrogen functional groups attached to an aromatic ring is 1. The molecule has 2 heterocycles. The lowest BCUT2D eigenvalue weighted by atomic mass is 10.4. The molecule has 0 bridgehead atoms. The number of pyridine rings is 1. The number of nitrogens with one attached hydrogen (secondary N) is 2. The predicted octanol–water partition coefficient (Wildman–Crippen LogP) is 2.69. The Morgan fingerprint density at radius 2 is 2.06 bits per heavy atom. The van der Waals surface area contributed by atoms with Gasteiger partial charge < -0.3 is 10.7 Å². The molecule has 2 rings (SSSR count). The molecule has 0 unspecified atom stereocenters. The van der Waals surface area contributed by atoms with E-state index in [2.05, 4.69) is 15.7 Å². The number of hydrogen-bond acceptors (Lipinski definition) is 5. The molecule has 4 nitrogen and oxygen atoms in total. The lowest BCUT2D eigenvalue weighted by Crippen LogP contribution is -2.09. The van der Waals surface area contributed by atoms with Crippen LogP contribution in [0, 0.1) is 0 Å². The zero-order valence-electron chi connectivity index (χ0n) is 8.40. The van der Waals surface area contributed by atoms with Crippen molar-refractivity contribution >= 4 is 34.6 Å². The highest BCUT2D eigenvalue weighted by molar-refractivity contribution is 7.16. The normalized spacial score (nSPS) is 10.1. The van der Waals surface area contributed by atoms with Crippen molar-refractivity contribution in [1.82, 2.24) is 4.98 Å². The third kappa shape index (κ3) is 2.85. The Kier molecular flexibility index (Phi) is 3.61. The molecule has 4 N–H and O–H groups in total. The fourth-order valence-corrected chi connectivity index (χ4v) is 2.27. The molecule has 6 heteroatoms. The smallest absolute Gasteiger partial charge is 0.142 e. The fraction of sp³-hybridized carbons (Fsp3) is 0.100. The van der Waals surface area contributed by atoms with Crippen molar-refractivity contribution in [2.45, 2.75) is 6.54 Å². The van der Waals surface area contributed by atoms with Gasteiger partial charge in [0, 0.05) is 4.88 Å². The van der Waals surface area contributed by atoms with Crippen LogP contribution in [-0.4, -0.2) is 4.98 Å². The maximum Gasteiger partial charge on any atom is 0.142 e. The number of nitrogens with zero attached hydrogens (tertiary/aromatic N) is 1. The molecule has 0 saturated carbocycles. The van der Waals surface area contributed by atoms with Gasteiger partial charge in [-0.2, -0.15) is 0 Å². The summed E-state index contributed by atoms with van der Waals surface area (Å²) in [7, 11) is 0. The van der Waals surface area contributed by atoms with Crippen LogP contribution in [0.25, 0.3) is 0 Å². The molecule has 0 atom stereocenters. The summed E-state index contributed by atoms with van der Waals surface area (Å²) in [5.41, 5.74) is 2.50. The van der Waals surface area contributed by atoms with E-state index in [1.807, 2.05) is 24.3 Å². The number of anilines is 2. The van der Waals surface area contributed by atoms with Crippen LogP contribution in [0.15, 0.2) is 30.3 Å². The molecular formula is C10H11ClN4S. The van der Waals surface area contributed by atoms with E-state index in [0.717, 1.165) is 15.0 Å². The van der Waals surface area contributed by atoms with Gasteiger partial charge in [-0.15, -0.1) is 11.3 Å². The summed E-state index contributed by atoms with van der Waals surface area (Å²) in [5.74, 6) is 6.68. The molecule has 0 saturated heterocycles. The number of aromatic nitrogens is 1. The number of halogens is 1. The average molecular weight is 255 g/mol. The Bertz CT molecular complexity index is 471. The first-order valence-electron chi connectivity index (χ1n) is 4.69. The first-order valence-corrected chi connectivity index (χ1v) is 5.89. The lowest BCUT2D eigenvalue weighted by molar-refractivity contribution is 1.13. The van der Waals surface area contributed by atoms with Gasteiger partial charge in [-0.3, -0.25) is 0 Å². The summed E-state index contributed by atoms with van der Waals surface area (Å²) in [5, 5.41) is 3.19. The number of nitrogens with two attached hydrogens (primary N) is 1. The maximum atomic E-state index is 5.84. The van der Waals surface area contributed by atoms with Gasteiger partial charge in [-0.25, -0.2) is 10.8 Å². The van der Waals surface area contributed by atoms with Crippen LogP contribution in [0.5, 0.6) is 0 Å². The first kappa shape index (κ1) is 11.2. The third-order valence-electron chi connectivity index (χ3n) is 1.97. The van der Waals surface area contributed by atoms with Gasteiger partial charge >= 0.3 is 0 Å². The van der Waals surface area contributed by atoms with Crippen molar-refractivity contribution in [1.29, 1.82) is 0 Å². The molecule has 84 valence electrons. The van der Waals surface area contributed by atoms with Crippen molar-refractivity contribution in [2.24, 2.45) is 5.84 Å². The molecule has 0 fully saturated rings. The van der Waals surface area contributed by atoms with Gasteiger partial charge in [-0.05, 0) is 24.3 Å². The van der Waals surface area contributed by atoms with Crippen molar-refractivity contribution < 1.29 is 0 Å². The van der Waals surface area contributed by atoms with Gasteiger partial charge in [0.2, 0.25) is 0 Å². The van der Waals surface area contributed by atoms with E-state index in [1.54, 1.807) is 17.4 Å². The third-order valence-corrected chi connectivity index (χ3v) is 3.20. The number of thiophene rings is 1.